The van der Waals surface area contributed by atoms with Crippen LogP contribution >= 0.6 is 11.6 Å². The van der Waals surface area contributed by atoms with E-state index >= 15 is 0 Å². The summed E-state index contributed by atoms with van der Waals surface area (Å²) in [5.74, 6) is 0.580. The zero-order chi connectivity index (χ0) is 11.1. The minimum Gasteiger partial charge on any atom is -0.314 e. The van der Waals surface area contributed by atoms with E-state index in [1.54, 1.807) is 0 Å². The first kappa shape index (κ1) is 11.0. The molecule has 0 amide bonds. The largest absolute Gasteiger partial charge is 0.314 e. The maximum absolute atomic E-state index is 6.06. The molecule has 0 aliphatic heterocycles. The van der Waals surface area contributed by atoms with E-state index in [2.05, 4.69) is 31.3 Å². The van der Waals surface area contributed by atoms with Crippen molar-refractivity contribution in [1.82, 2.24) is 5.32 Å². The van der Waals surface area contributed by atoms with Crippen molar-refractivity contribution >= 4 is 11.6 Å². The minimum atomic E-state index is 0.149. The lowest BCUT2D eigenvalue weighted by Crippen LogP contribution is -2.41. The molecule has 0 aromatic heterocycles. The average Bonchev–Trinajstić information content (AvgIpc) is 2.61. The summed E-state index contributed by atoms with van der Waals surface area (Å²) in [5.41, 5.74) is 3.05. The molecule has 2 heteroatoms. The fourth-order valence-corrected chi connectivity index (χ4v) is 2.68. The number of aryl methyl sites for hydroxylation is 1. The van der Waals surface area contributed by atoms with E-state index < -0.39 is 0 Å². The van der Waals surface area contributed by atoms with Crippen LogP contribution in [0.2, 0.25) is 5.02 Å². The van der Waals surface area contributed by atoms with Crippen molar-refractivity contribution in [2.24, 2.45) is 0 Å². The molecule has 1 unspecified atom stereocenters. The molecule has 0 spiro atoms. The molecule has 1 aliphatic rings. The first-order chi connectivity index (χ1) is 7.04. The summed E-state index contributed by atoms with van der Waals surface area (Å²) in [7, 11) is 2.03. The van der Waals surface area contributed by atoms with E-state index in [9.17, 15) is 0 Å². The summed E-state index contributed by atoms with van der Waals surface area (Å²) in [6, 6.07) is 6.30. The second-order valence-electron chi connectivity index (χ2n) is 4.91. The minimum absolute atomic E-state index is 0.149. The summed E-state index contributed by atoms with van der Waals surface area (Å²) in [6.45, 7) is 4.52. The monoisotopic (exact) mass is 223 g/mol. The standard InChI is InChI=1S/C13H18ClN/c1-13(2,15-3)12-7-5-9-4-6-10(14)8-11(9)12/h4,6,8,12,15H,5,7H2,1-3H3. The Kier molecular flexibility index (Phi) is 2.78. The van der Waals surface area contributed by atoms with Crippen molar-refractivity contribution < 1.29 is 0 Å². The van der Waals surface area contributed by atoms with Crippen LogP contribution in [0.25, 0.3) is 0 Å². The van der Waals surface area contributed by atoms with Crippen molar-refractivity contribution in [1.29, 1.82) is 0 Å². The second kappa shape index (κ2) is 3.80. The topological polar surface area (TPSA) is 12.0 Å². The third kappa shape index (κ3) is 1.91. The van der Waals surface area contributed by atoms with Crippen molar-refractivity contribution in [2.75, 3.05) is 7.05 Å². The van der Waals surface area contributed by atoms with Gasteiger partial charge in [-0.1, -0.05) is 17.7 Å². The Morgan fingerprint density at radius 1 is 1.40 bits per heavy atom. The smallest absolute Gasteiger partial charge is 0.0409 e. The summed E-state index contributed by atoms with van der Waals surface area (Å²) in [5, 5.41) is 4.25. The maximum atomic E-state index is 6.06. The predicted molar refractivity (Wildman–Crippen MR) is 65.7 cm³/mol. The number of rotatable bonds is 2. The third-order valence-electron chi connectivity index (χ3n) is 3.70. The molecular weight excluding hydrogens is 206 g/mol. The van der Waals surface area contributed by atoms with Gasteiger partial charge >= 0.3 is 0 Å². The number of halogens is 1. The van der Waals surface area contributed by atoms with Gasteiger partial charge in [0.1, 0.15) is 0 Å². The zero-order valence-electron chi connectivity index (χ0n) is 9.60. The molecule has 15 heavy (non-hydrogen) atoms. The van der Waals surface area contributed by atoms with Gasteiger partial charge in [-0.3, -0.25) is 0 Å². The van der Waals surface area contributed by atoms with E-state index in [1.165, 1.54) is 24.0 Å². The molecule has 1 N–H and O–H groups in total. The molecular formula is C13H18ClN. The quantitative estimate of drug-likeness (QED) is 0.811. The molecule has 1 aromatic rings. The molecule has 2 rings (SSSR count). The van der Waals surface area contributed by atoms with Crippen LogP contribution in [0.4, 0.5) is 0 Å². The molecule has 1 aromatic carbocycles. The fourth-order valence-electron chi connectivity index (χ4n) is 2.50. The van der Waals surface area contributed by atoms with Crippen LogP contribution in [0.1, 0.15) is 37.3 Å². The van der Waals surface area contributed by atoms with Crippen LogP contribution in [0, 0.1) is 0 Å². The Bertz CT molecular complexity index is 371. The molecule has 0 saturated heterocycles. The lowest BCUT2D eigenvalue weighted by atomic mass is 9.83. The van der Waals surface area contributed by atoms with Crippen LogP contribution < -0.4 is 5.32 Å². The van der Waals surface area contributed by atoms with Gasteiger partial charge in [-0.05, 0) is 57.0 Å². The molecule has 0 bridgehead atoms. The normalized spacial score (nSPS) is 20.4. The lowest BCUT2D eigenvalue weighted by molar-refractivity contribution is 0.341. The molecule has 82 valence electrons. The van der Waals surface area contributed by atoms with Gasteiger partial charge in [0.2, 0.25) is 0 Å². The number of fused-ring (bicyclic) bond motifs is 1. The molecule has 0 saturated carbocycles. The Morgan fingerprint density at radius 2 is 2.13 bits per heavy atom. The summed E-state index contributed by atoms with van der Waals surface area (Å²) < 4.78 is 0. The van der Waals surface area contributed by atoms with E-state index in [-0.39, 0.29) is 5.54 Å². The Labute approximate surface area is 96.8 Å². The van der Waals surface area contributed by atoms with E-state index in [0.29, 0.717) is 5.92 Å². The maximum Gasteiger partial charge on any atom is 0.0409 e. The highest BCUT2D eigenvalue weighted by atomic mass is 35.5. The molecule has 0 radical (unpaired) electrons. The highest BCUT2D eigenvalue weighted by Crippen LogP contribution is 2.41. The van der Waals surface area contributed by atoms with Gasteiger partial charge < -0.3 is 5.32 Å². The first-order valence-electron chi connectivity index (χ1n) is 5.52. The number of nitrogens with one attached hydrogen (secondary N) is 1. The molecule has 0 heterocycles. The van der Waals surface area contributed by atoms with E-state index in [4.69, 9.17) is 11.6 Å². The average molecular weight is 224 g/mol. The van der Waals surface area contributed by atoms with Crippen molar-refractivity contribution in [2.45, 2.75) is 38.1 Å². The predicted octanol–water partition coefficient (Wildman–Crippen LogP) is 3.37. The van der Waals surface area contributed by atoms with Gasteiger partial charge in [0.15, 0.2) is 0 Å². The van der Waals surface area contributed by atoms with Crippen LogP contribution in [-0.2, 0) is 6.42 Å². The third-order valence-corrected chi connectivity index (χ3v) is 3.94. The Hall–Kier alpha value is -0.530. The van der Waals surface area contributed by atoms with Gasteiger partial charge in [-0.25, -0.2) is 0 Å². The highest BCUT2D eigenvalue weighted by Gasteiger charge is 2.34. The summed E-state index contributed by atoms with van der Waals surface area (Å²) in [6.07, 6.45) is 2.41. The van der Waals surface area contributed by atoms with Gasteiger partial charge in [-0.15, -0.1) is 0 Å². The molecule has 0 fully saturated rings. The number of benzene rings is 1. The lowest BCUT2D eigenvalue weighted by Gasteiger charge is -2.32. The summed E-state index contributed by atoms with van der Waals surface area (Å²) >= 11 is 6.06. The SMILES string of the molecule is CNC(C)(C)C1CCc2ccc(Cl)cc21. The number of hydrogen-bond donors (Lipinski definition) is 1. The Morgan fingerprint density at radius 3 is 2.80 bits per heavy atom. The van der Waals surface area contributed by atoms with Gasteiger partial charge in [0.25, 0.3) is 0 Å². The van der Waals surface area contributed by atoms with Crippen LogP contribution in [0.5, 0.6) is 0 Å². The molecule has 1 aliphatic carbocycles. The number of likely N-dealkylation sites (N-methyl/N-ethyl adjacent to an activating group) is 1. The fraction of sp³-hybridized carbons (Fsp3) is 0.538. The second-order valence-corrected chi connectivity index (χ2v) is 5.34. The van der Waals surface area contributed by atoms with Crippen molar-refractivity contribution in [3.8, 4) is 0 Å². The van der Waals surface area contributed by atoms with Crippen LogP contribution in [0.15, 0.2) is 18.2 Å². The number of hydrogen-bond acceptors (Lipinski definition) is 1. The van der Waals surface area contributed by atoms with Crippen molar-refractivity contribution in [3.63, 3.8) is 0 Å². The van der Waals surface area contributed by atoms with Crippen LogP contribution in [-0.4, -0.2) is 12.6 Å². The first-order valence-corrected chi connectivity index (χ1v) is 5.89. The zero-order valence-corrected chi connectivity index (χ0v) is 10.4. The van der Waals surface area contributed by atoms with E-state index in [1.807, 2.05) is 13.1 Å². The summed E-state index contributed by atoms with van der Waals surface area (Å²) in [4.78, 5) is 0. The molecule has 1 nitrogen and oxygen atoms in total. The van der Waals surface area contributed by atoms with Gasteiger partial charge in [0.05, 0.1) is 0 Å². The van der Waals surface area contributed by atoms with Crippen molar-refractivity contribution in [3.05, 3.63) is 34.3 Å². The molecule has 1 atom stereocenters. The van der Waals surface area contributed by atoms with Gasteiger partial charge in [-0.2, -0.15) is 0 Å². The Balaban J connectivity index is 2.39. The van der Waals surface area contributed by atoms with Crippen LogP contribution in [0.3, 0.4) is 0 Å². The van der Waals surface area contributed by atoms with Gasteiger partial charge in [0, 0.05) is 16.5 Å². The van der Waals surface area contributed by atoms with E-state index in [0.717, 1.165) is 5.02 Å². The highest BCUT2D eigenvalue weighted by molar-refractivity contribution is 6.30.